The Hall–Kier alpha value is -1.72. The van der Waals surface area contributed by atoms with Gasteiger partial charge in [-0.25, -0.2) is 0 Å². The maximum Gasteiger partial charge on any atom is 0.262 e. The van der Waals surface area contributed by atoms with Crippen molar-refractivity contribution < 1.29 is 9.53 Å². The van der Waals surface area contributed by atoms with Crippen molar-refractivity contribution in [3.8, 4) is 5.75 Å². The minimum absolute atomic E-state index is 0.100. The van der Waals surface area contributed by atoms with E-state index in [1.54, 1.807) is 42.5 Å². The molecule has 2 aromatic carbocycles. The van der Waals surface area contributed by atoms with E-state index >= 15 is 0 Å². The third-order valence-corrected chi connectivity index (χ3v) is 3.32. The van der Waals surface area contributed by atoms with Crippen molar-refractivity contribution in [2.45, 2.75) is 0 Å². The first kappa shape index (κ1) is 14.7. The molecule has 6 heteroatoms. The fourth-order valence-electron chi connectivity index (χ4n) is 1.52. The van der Waals surface area contributed by atoms with E-state index in [9.17, 15) is 4.79 Å². The molecule has 104 valence electrons. The molecule has 0 heterocycles. The van der Waals surface area contributed by atoms with Crippen LogP contribution < -0.4 is 15.8 Å². The van der Waals surface area contributed by atoms with Gasteiger partial charge in [-0.1, -0.05) is 17.7 Å². The highest BCUT2D eigenvalue weighted by Crippen LogP contribution is 2.24. The number of amides is 1. The quantitative estimate of drug-likeness (QED) is 0.822. The van der Waals surface area contributed by atoms with E-state index < -0.39 is 0 Å². The number of halogens is 2. The second-order valence-corrected chi connectivity index (χ2v) is 5.32. The molecule has 0 bridgehead atoms. The molecule has 0 spiro atoms. The predicted octanol–water partition coefficient (Wildman–Crippen LogP) is 3.70. The molecular weight excluding hydrogens is 344 g/mol. The number of hydrogen-bond donors (Lipinski definition) is 2. The molecule has 0 unspecified atom stereocenters. The summed E-state index contributed by atoms with van der Waals surface area (Å²) in [6.45, 7) is -0.100. The standard InChI is InChI=1S/C14H12BrClN2O2/c15-12-7-10(17)4-5-13(12)18-14(19)8-20-11-3-1-2-9(16)6-11/h1-7H,8,17H2,(H,18,19). The Kier molecular flexibility index (Phi) is 4.87. The molecule has 0 aliphatic heterocycles. The molecule has 3 N–H and O–H groups in total. The van der Waals surface area contributed by atoms with Crippen LogP contribution in [0.5, 0.6) is 5.75 Å². The van der Waals surface area contributed by atoms with E-state index in [-0.39, 0.29) is 12.5 Å². The smallest absolute Gasteiger partial charge is 0.262 e. The molecular formula is C14H12BrClN2O2. The molecule has 0 saturated carbocycles. The molecule has 0 atom stereocenters. The molecule has 0 aromatic heterocycles. The lowest BCUT2D eigenvalue weighted by molar-refractivity contribution is -0.118. The summed E-state index contributed by atoms with van der Waals surface area (Å²) in [5.74, 6) is 0.277. The van der Waals surface area contributed by atoms with Gasteiger partial charge in [0.15, 0.2) is 6.61 Å². The first-order chi connectivity index (χ1) is 9.54. The fraction of sp³-hybridized carbons (Fsp3) is 0.0714. The molecule has 1 amide bonds. The Morgan fingerprint density at radius 1 is 1.30 bits per heavy atom. The van der Waals surface area contributed by atoms with Crippen LogP contribution in [-0.2, 0) is 4.79 Å². The highest BCUT2D eigenvalue weighted by atomic mass is 79.9. The molecule has 0 radical (unpaired) electrons. The molecule has 2 aromatic rings. The Labute approximate surface area is 130 Å². The Balaban J connectivity index is 1.92. The van der Waals surface area contributed by atoms with Crippen LogP contribution in [-0.4, -0.2) is 12.5 Å². The van der Waals surface area contributed by atoms with Crippen LogP contribution in [0.15, 0.2) is 46.9 Å². The first-order valence-corrected chi connectivity index (χ1v) is 6.95. The number of nitrogens with two attached hydrogens (primary N) is 1. The van der Waals surface area contributed by atoms with Crippen LogP contribution in [0.3, 0.4) is 0 Å². The second-order valence-electron chi connectivity index (χ2n) is 4.03. The topological polar surface area (TPSA) is 64.3 Å². The lowest BCUT2D eigenvalue weighted by Crippen LogP contribution is -2.20. The van der Waals surface area contributed by atoms with Gasteiger partial charge >= 0.3 is 0 Å². The normalized spacial score (nSPS) is 10.1. The van der Waals surface area contributed by atoms with Crippen LogP contribution in [0, 0.1) is 0 Å². The van der Waals surface area contributed by atoms with Gasteiger partial charge in [0.2, 0.25) is 0 Å². The van der Waals surface area contributed by atoms with E-state index in [2.05, 4.69) is 21.2 Å². The fourth-order valence-corrected chi connectivity index (χ4v) is 2.20. The molecule has 0 aliphatic carbocycles. The molecule has 4 nitrogen and oxygen atoms in total. The zero-order valence-corrected chi connectivity index (χ0v) is 12.7. The minimum atomic E-state index is -0.268. The molecule has 0 fully saturated rings. The summed E-state index contributed by atoms with van der Waals surface area (Å²) in [6.07, 6.45) is 0. The molecule has 0 saturated heterocycles. The van der Waals surface area contributed by atoms with Crippen molar-refractivity contribution in [2.75, 3.05) is 17.7 Å². The van der Waals surface area contributed by atoms with Crippen LogP contribution in [0.1, 0.15) is 0 Å². The van der Waals surface area contributed by atoms with Gasteiger partial charge in [0.25, 0.3) is 5.91 Å². The van der Waals surface area contributed by atoms with Crippen LogP contribution in [0.4, 0.5) is 11.4 Å². The number of nitrogens with one attached hydrogen (secondary N) is 1. The number of anilines is 2. The summed E-state index contributed by atoms with van der Waals surface area (Å²) >= 11 is 9.16. The van der Waals surface area contributed by atoms with Gasteiger partial charge in [-0.3, -0.25) is 4.79 Å². The third-order valence-electron chi connectivity index (χ3n) is 2.43. The molecule has 20 heavy (non-hydrogen) atoms. The van der Waals surface area contributed by atoms with E-state index in [1.807, 2.05) is 0 Å². The monoisotopic (exact) mass is 354 g/mol. The number of carbonyl (C=O) groups is 1. The summed E-state index contributed by atoms with van der Waals surface area (Å²) in [6, 6.07) is 12.0. The molecule has 0 aliphatic rings. The minimum Gasteiger partial charge on any atom is -0.484 e. The van der Waals surface area contributed by atoms with Gasteiger partial charge in [0, 0.05) is 15.2 Å². The highest BCUT2D eigenvalue weighted by Gasteiger charge is 2.07. The number of carbonyl (C=O) groups excluding carboxylic acids is 1. The summed E-state index contributed by atoms with van der Waals surface area (Å²) in [5, 5.41) is 3.28. The lowest BCUT2D eigenvalue weighted by atomic mass is 10.3. The Morgan fingerprint density at radius 2 is 2.10 bits per heavy atom. The molecule has 2 rings (SSSR count). The Morgan fingerprint density at radius 3 is 2.80 bits per heavy atom. The van der Waals surface area contributed by atoms with Crippen molar-refractivity contribution in [2.24, 2.45) is 0 Å². The van der Waals surface area contributed by atoms with E-state index in [0.717, 1.165) is 0 Å². The van der Waals surface area contributed by atoms with Crippen molar-refractivity contribution in [1.82, 2.24) is 0 Å². The van der Waals surface area contributed by atoms with E-state index in [1.165, 1.54) is 0 Å². The maximum atomic E-state index is 11.8. The number of benzene rings is 2. The predicted molar refractivity (Wildman–Crippen MR) is 84.1 cm³/mol. The number of rotatable bonds is 4. The van der Waals surface area contributed by atoms with E-state index in [4.69, 9.17) is 22.1 Å². The number of hydrogen-bond acceptors (Lipinski definition) is 3. The van der Waals surface area contributed by atoms with Crippen molar-refractivity contribution in [3.63, 3.8) is 0 Å². The SMILES string of the molecule is Nc1ccc(NC(=O)COc2cccc(Cl)c2)c(Br)c1. The van der Waals surface area contributed by atoms with Gasteiger partial charge in [0.05, 0.1) is 5.69 Å². The zero-order chi connectivity index (χ0) is 14.5. The van der Waals surface area contributed by atoms with Gasteiger partial charge in [0.1, 0.15) is 5.75 Å². The van der Waals surface area contributed by atoms with Crippen LogP contribution in [0.25, 0.3) is 0 Å². The van der Waals surface area contributed by atoms with Crippen molar-refractivity contribution >= 4 is 44.8 Å². The summed E-state index contributed by atoms with van der Waals surface area (Å²) < 4.78 is 6.06. The number of ether oxygens (including phenoxy) is 1. The van der Waals surface area contributed by atoms with Crippen molar-refractivity contribution in [1.29, 1.82) is 0 Å². The number of nitrogen functional groups attached to an aromatic ring is 1. The van der Waals surface area contributed by atoms with Crippen molar-refractivity contribution in [3.05, 3.63) is 52.0 Å². The highest BCUT2D eigenvalue weighted by molar-refractivity contribution is 9.10. The maximum absolute atomic E-state index is 11.8. The third kappa shape index (κ3) is 4.15. The van der Waals surface area contributed by atoms with Crippen LogP contribution in [0.2, 0.25) is 5.02 Å². The van der Waals surface area contributed by atoms with E-state index in [0.29, 0.717) is 26.6 Å². The average Bonchev–Trinajstić information content (AvgIpc) is 2.40. The Bertz CT molecular complexity index is 634. The average molecular weight is 356 g/mol. The van der Waals surface area contributed by atoms with Gasteiger partial charge in [-0.15, -0.1) is 0 Å². The first-order valence-electron chi connectivity index (χ1n) is 5.78. The zero-order valence-electron chi connectivity index (χ0n) is 10.4. The summed E-state index contributed by atoms with van der Waals surface area (Å²) in [7, 11) is 0. The van der Waals surface area contributed by atoms with Gasteiger partial charge in [-0.05, 0) is 52.3 Å². The summed E-state index contributed by atoms with van der Waals surface area (Å²) in [4.78, 5) is 11.8. The largest absolute Gasteiger partial charge is 0.484 e. The lowest BCUT2D eigenvalue weighted by Gasteiger charge is -2.09. The van der Waals surface area contributed by atoms with Gasteiger partial charge in [-0.2, -0.15) is 0 Å². The second kappa shape index (κ2) is 6.63. The summed E-state index contributed by atoms with van der Waals surface area (Å²) in [5.41, 5.74) is 6.88. The van der Waals surface area contributed by atoms with Gasteiger partial charge < -0.3 is 15.8 Å². The van der Waals surface area contributed by atoms with Crippen LogP contribution >= 0.6 is 27.5 Å².